The second-order valence-electron chi connectivity index (χ2n) is 5.98. The molecule has 11 heteroatoms. The third-order valence-corrected chi connectivity index (χ3v) is 5.51. The van der Waals surface area contributed by atoms with Crippen LogP contribution in [-0.2, 0) is 17.8 Å². The number of nitrogens with zero attached hydrogens (tertiary/aromatic N) is 4. The van der Waals surface area contributed by atoms with Gasteiger partial charge in [0.25, 0.3) is 5.91 Å². The van der Waals surface area contributed by atoms with Gasteiger partial charge in [0.05, 0.1) is 5.75 Å². The van der Waals surface area contributed by atoms with E-state index in [2.05, 4.69) is 32.4 Å². The van der Waals surface area contributed by atoms with E-state index in [1.54, 1.807) is 17.7 Å². The van der Waals surface area contributed by atoms with Crippen LogP contribution in [0.5, 0.6) is 0 Å². The predicted molar refractivity (Wildman–Crippen MR) is 114 cm³/mol. The Morgan fingerprint density at radius 2 is 2.07 bits per heavy atom. The summed E-state index contributed by atoms with van der Waals surface area (Å²) < 4.78 is 14.8. The molecule has 8 nitrogen and oxygen atoms in total. The first-order chi connectivity index (χ1) is 14.6. The quantitative estimate of drug-likeness (QED) is 0.367. The summed E-state index contributed by atoms with van der Waals surface area (Å²) in [6.07, 6.45) is 3.78. The van der Waals surface area contributed by atoms with Crippen LogP contribution >= 0.6 is 23.1 Å². The number of hydrogen-bond donors (Lipinski definition) is 2. The summed E-state index contributed by atoms with van der Waals surface area (Å²) >= 11 is 2.61. The van der Waals surface area contributed by atoms with Gasteiger partial charge in [0.2, 0.25) is 5.91 Å². The van der Waals surface area contributed by atoms with Crippen LogP contribution in [0.4, 0.5) is 9.52 Å². The highest BCUT2D eigenvalue weighted by Crippen LogP contribution is 2.18. The molecule has 2 N–H and O–H groups in total. The molecule has 0 radical (unpaired) electrons. The minimum Gasteiger partial charge on any atom is -0.352 e. The molecule has 0 saturated carbocycles. The lowest BCUT2D eigenvalue weighted by molar-refractivity contribution is -0.113. The average Bonchev–Trinajstić information content (AvgIpc) is 3.37. The number of hydrogen-bond acceptors (Lipinski definition) is 7. The van der Waals surface area contributed by atoms with Crippen LogP contribution in [-0.4, -0.2) is 43.9 Å². The highest BCUT2D eigenvalue weighted by molar-refractivity contribution is 7.99. The van der Waals surface area contributed by atoms with Gasteiger partial charge in [-0.2, -0.15) is 0 Å². The van der Waals surface area contributed by atoms with Crippen molar-refractivity contribution in [3.63, 3.8) is 0 Å². The molecule has 0 fully saturated rings. The van der Waals surface area contributed by atoms with Gasteiger partial charge in [-0.05, 0) is 24.3 Å². The van der Waals surface area contributed by atoms with Gasteiger partial charge in [-0.25, -0.2) is 9.37 Å². The number of thiazole rings is 1. The molecule has 0 unspecified atom stereocenters. The van der Waals surface area contributed by atoms with Crippen molar-refractivity contribution in [2.45, 2.75) is 18.1 Å². The maximum Gasteiger partial charge on any atom is 0.251 e. The average molecular weight is 447 g/mol. The van der Waals surface area contributed by atoms with Crippen molar-refractivity contribution in [1.29, 1.82) is 0 Å². The molecule has 0 bridgehead atoms. The molecule has 0 spiro atoms. The Labute approximate surface area is 180 Å². The van der Waals surface area contributed by atoms with Crippen molar-refractivity contribution < 1.29 is 14.0 Å². The number of aromatic nitrogens is 4. The van der Waals surface area contributed by atoms with Crippen molar-refractivity contribution in [1.82, 2.24) is 25.1 Å². The zero-order valence-corrected chi connectivity index (χ0v) is 17.5. The molecule has 2 aromatic heterocycles. The third-order valence-electron chi connectivity index (χ3n) is 3.86. The van der Waals surface area contributed by atoms with Gasteiger partial charge < -0.3 is 15.2 Å². The number of amides is 2. The fraction of sp³-hybridized carbons (Fsp3) is 0.211. The van der Waals surface area contributed by atoms with Gasteiger partial charge in [-0.1, -0.05) is 17.8 Å². The number of allylic oxidation sites excluding steroid dienone is 1. The molecule has 0 aliphatic rings. The third kappa shape index (κ3) is 5.97. The number of carbonyl (C=O) groups excluding carboxylic acids is 2. The molecule has 30 heavy (non-hydrogen) atoms. The van der Waals surface area contributed by atoms with E-state index in [1.165, 1.54) is 47.4 Å². The predicted octanol–water partition coefficient (Wildman–Crippen LogP) is 2.76. The Bertz CT molecular complexity index is 1000. The van der Waals surface area contributed by atoms with Gasteiger partial charge in [0.15, 0.2) is 10.3 Å². The van der Waals surface area contributed by atoms with Crippen molar-refractivity contribution in [3.8, 4) is 0 Å². The lowest BCUT2D eigenvalue weighted by atomic mass is 10.2. The zero-order chi connectivity index (χ0) is 21.3. The Morgan fingerprint density at radius 1 is 1.27 bits per heavy atom. The summed E-state index contributed by atoms with van der Waals surface area (Å²) in [5.74, 6) is -0.0445. The lowest BCUT2D eigenvalue weighted by Gasteiger charge is -2.08. The second kappa shape index (κ2) is 10.6. The number of carbonyl (C=O) groups is 2. The van der Waals surface area contributed by atoms with Gasteiger partial charge >= 0.3 is 0 Å². The Morgan fingerprint density at radius 3 is 2.77 bits per heavy atom. The molecular formula is C19H19FN6O2S2. The van der Waals surface area contributed by atoms with E-state index >= 15 is 0 Å². The van der Waals surface area contributed by atoms with Crippen LogP contribution < -0.4 is 10.6 Å². The van der Waals surface area contributed by atoms with Crippen molar-refractivity contribution in [2.75, 3.05) is 17.6 Å². The molecular weight excluding hydrogens is 427 g/mol. The Kier molecular flexibility index (Phi) is 7.69. The van der Waals surface area contributed by atoms with E-state index in [9.17, 15) is 14.0 Å². The van der Waals surface area contributed by atoms with E-state index in [1.807, 2.05) is 4.57 Å². The van der Waals surface area contributed by atoms with E-state index < -0.39 is 5.82 Å². The molecule has 0 aliphatic heterocycles. The Balaban J connectivity index is 1.54. The first-order valence-electron chi connectivity index (χ1n) is 8.95. The van der Waals surface area contributed by atoms with Crippen LogP contribution in [0, 0.1) is 5.82 Å². The Hall–Kier alpha value is -3.05. The monoisotopic (exact) mass is 446 g/mol. The smallest absolute Gasteiger partial charge is 0.251 e. The molecule has 3 aromatic rings. The van der Waals surface area contributed by atoms with Crippen molar-refractivity contribution in [2.24, 2.45) is 0 Å². The standard InChI is InChI=1S/C19H19FN6O2S2/c1-2-10-26-15(7-8-21-17(28)13-3-5-14(20)6-4-13)24-25-19(26)30-12-16(27)23-18-22-9-11-29-18/h2-6,9,11H,1,7-8,10,12H2,(H,21,28)(H,22,23,27). The van der Waals surface area contributed by atoms with Crippen LogP contribution in [0.3, 0.4) is 0 Å². The largest absolute Gasteiger partial charge is 0.352 e. The molecule has 0 saturated heterocycles. The topological polar surface area (TPSA) is 102 Å². The number of halogens is 1. The summed E-state index contributed by atoms with van der Waals surface area (Å²) in [5, 5.41) is 16.7. The normalized spacial score (nSPS) is 10.6. The summed E-state index contributed by atoms with van der Waals surface area (Å²) in [6, 6.07) is 5.33. The van der Waals surface area contributed by atoms with E-state index in [0.717, 1.165) is 0 Å². The van der Waals surface area contributed by atoms with Crippen LogP contribution in [0.25, 0.3) is 0 Å². The molecule has 0 atom stereocenters. The summed E-state index contributed by atoms with van der Waals surface area (Å²) in [5.41, 5.74) is 0.381. The van der Waals surface area contributed by atoms with E-state index in [4.69, 9.17) is 0 Å². The number of thioether (sulfide) groups is 1. The molecule has 3 rings (SSSR count). The van der Waals surface area contributed by atoms with Crippen LogP contribution in [0.1, 0.15) is 16.2 Å². The van der Waals surface area contributed by atoms with Gasteiger partial charge in [0, 0.05) is 36.7 Å². The number of nitrogens with one attached hydrogen (secondary N) is 2. The number of benzene rings is 1. The number of rotatable bonds is 10. The SMILES string of the molecule is C=CCn1c(CCNC(=O)c2ccc(F)cc2)nnc1SCC(=O)Nc1nccs1. The van der Waals surface area contributed by atoms with Crippen LogP contribution in [0.15, 0.2) is 53.7 Å². The fourth-order valence-corrected chi connectivity index (χ4v) is 3.80. The minimum absolute atomic E-state index is 0.163. The highest BCUT2D eigenvalue weighted by Gasteiger charge is 2.14. The molecule has 156 valence electrons. The molecule has 0 aliphatic carbocycles. The zero-order valence-electron chi connectivity index (χ0n) is 15.9. The molecule has 1 aromatic carbocycles. The van der Waals surface area contributed by atoms with Crippen LogP contribution in [0.2, 0.25) is 0 Å². The van der Waals surface area contributed by atoms with Gasteiger partial charge in [0.1, 0.15) is 11.6 Å². The summed E-state index contributed by atoms with van der Waals surface area (Å²) in [7, 11) is 0. The fourth-order valence-electron chi connectivity index (χ4n) is 2.48. The summed E-state index contributed by atoms with van der Waals surface area (Å²) in [6.45, 7) is 4.56. The first-order valence-corrected chi connectivity index (χ1v) is 10.8. The summed E-state index contributed by atoms with van der Waals surface area (Å²) in [4.78, 5) is 28.2. The maximum absolute atomic E-state index is 13.0. The second-order valence-corrected chi connectivity index (χ2v) is 7.82. The maximum atomic E-state index is 13.0. The molecule has 2 amide bonds. The molecule has 2 heterocycles. The van der Waals surface area contributed by atoms with Crippen molar-refractivity contribution >= 4 is 40.0 Å². The van der Waals surface area contributed by atoms with Gasteiger partial charge in [-0.3, -0.25) is 9.59 Å². The van der Waals surface area contributed by atoms with Gasteiger partial charge in [-0.15, -0.1) is 28.1 Å². The lowest BCUT2D eigenvalue weighted by Crippen LogP contribution is -2.26. The first kappa shape index (κ1) is 21.7. The van der Waals surface area contributed by atoms with E-state index in [0.29, 0.717) is 41.2 Å². The highest BCUT2D eigenvalue weighted by atomic mass is 32.2. The van der Waals surface area contributed by atoms with Crippen molar-refractivity contribution in [3.05, 3.63) is 65.7 Å². The number of anilines is 1. The minimum atomic E-state index is -0.394. The van der Waals surface area contributed by atoms with E-state index in [-0.39, 0.29) is 17.6 Å².